The molecule has 0 radical (unpaired) electrons. The molecule has 1 saturated heterocycles. The molecule has 1 aromatic heterocycles. The normalized spacial score (nSPS) is 21.2. The number of amides is 3. The molecule has 192 valence electrons. The van der Waals surface area contributed by atoms with Gasteiger partial charge in [0, 0.05) is 22.9 Å². The van der Waals surface area contributed by atoms with Crippen molar-refractivity contribution in [3.8, 4) is 11.8 Å². The predicted molar refractivity (Wildman–Crippen MR) is 131 cm³/mol. The molecule has 1 aliphatic heterocycles. The summed E-state index contributed by atoms with van der Waals surface area (Å²) < 4.78 is 19.1. The van der Waals surface area contributed by atoms with E-state index in [9.17, 15) is 24.0 Å². The van der Waals surface area contributed by atoms with Crippen molar-refractivity contribution in [1.82, 2.24) is 20.9 Å². The second kappa shape index (κ2) is 9.45. The minimum absolute atomic E-state index is 0.0699. The number of ether oxygens (including phenoxy) is 1. The standard InChI is InChI=1S/C26H32FN5O4/c1-25(2)11-14(22(33)32-25)7-16(13-28)29-24(35)20(12-26(3)5-6-26)31-23(34)19-10-17-18(30-19)8-15(27)9-21(17)36-4/h8-10,14,16,20,30H,5-7,11-12H2,1-4H3,(H,29,35)(H,31,34)(H,32,33). The second-order valence-corrected chi connectivity index (χ2v) is 11.0. The Hall–Kier alpha value is -3.61. The maximum absolute atomic E-state index is 13.9. The molecular weight excluding hydrogens is 465 g/mol. The quantitative estimate of drug-likeness (QED) is 0.422. The van der Waals surface area contributed by atoms with Gasteiger partial charge in [0.2, 0.25) is 11.8 Å². The van der Waals surface area contributed by atoms with Crippen molar-refractivity contribution in [2.45, 2.75) is 70.5 Å². The van der Waals surface area contributed by atoms with Crippen molar-refractivity contribution in [3.63, 3.8) is 0 Å². The molecule has 0 spiro atoms. The van der Waals surface area contributed by atoms with Gasteiger partial charge < -0.3 is 25.7 Å². The molecule has 9 nitrogen and oxygen atoms in total. The third-order valence-electron chi connectivity index (χ3n) is 7.13. The molecule has 3 amide bonds. The summed E-state index contributed by atoms with van der Waals surface area (Å²) in [6.07, 6.45) is 3.06. The van der Waals surface area contributed by atoms with E-state index in [4.69, 9.17) is 4.74 Å². The Bertz CT molecular complexity index is 1240. The Morgan fingerprint density at radius 2 is 1.97 bits per heavy atom. The number of hydrogen-bond donors (Lipinski definition) is 4. The van der Waals surface area contributed by atoms with E-state index in [0.29, 0.717) is 23.7 Å². The molecule has 3 unspecified atom stereocenters. The third kappa shape index (κ3) is 5.61. The zero-order chi connectivity index (χ0) is 26.3. The highest BCUT2D eigenvalue weighted by Gasteiger charge is 2.43. The number of H-pyrrole nitrogens is 1. The molecule has 4 N–H and O–H groups in total. The summed E-state index contributed by atoms with van der Waals surface area (Å²) >= 11 is 0. The van der Waals surface area contributed by atoms with Gasteiger partial charge in [-0.1, -0.05) is 6.92 Å². The SMILES string of the molecule is COc1cc(F)cc2[nH]c(C(=O)NC(CC3(C)CC3)C(=O)NC(C#N)CC3CC(C)(C)NC3=O)cc12. The first-order chi connectivity index (χ1) is 16.9. The van der Waals surface area contributed by atoms with Crippen LogP contribution >= 0.6 is 0 Å². The molecule has 1 aromatic carbocycles. The van der Waals surface area contributed by atoms with Crippen LogP contribution in [-0.2, 0) is 9.59 Å². The number of nitrogens with one attached hydrogen (secondary N) is 4. The van der Waals surface area contributed by atoms with E-state index in [2.05, 4.69) is 27.0 Å². The van der Waals surface area contributed by atoms with Crippen LogP contribution in [0.5, 0.6) is 5.75 Å². The van der Waals surface area contributed by atoms with Gasteiger partial charge in [-0.3, -0.25) is 14.4 Å². The lowest BCUT2D eigenvalue weighted by molar-refractivity contribution is -0.125. The summed E-state index contributed by atoms with van der Waals surface area (Å²) in [4.78, 5) is 41.5. The number of hydrogen-bond acceptors (Lipinski definition) is 5. The van der Waals surface area contributed by atoms with E-state index in [1.54, 1.807) is 6.07 Å². The molecular formula is C26H32FN5O4. The number of aromatic amines is 1. The van der Waals surface area contributed by atoms with Crippen LogP contribution in [0, 0.1) is 28.5 Å². The van der Waals surface area contributed by atoms with E-state index >= 15 is 0 Å². The molecule has 1 aliphatic carbocycles. The Balaban J connectivity index is 1.48. The molecule has 2 aliphatic rings. The van der Waals surface area contributed by atoms with Crippen LogP contribution in [0.15, 0.2) is 18.2 Å². The van der Waals surface area contributed by atoms with E-state index < -0.39 is 29.7 Å². The molecule has 2 fully saturated rings. The lowest BCUT2D eigenvalue weighted by Gasteiger charge is -2.23. The lowest BCUT2D eigenvalue weighted by Crippen LogP contribution is -2.50. The lowest BCUT2D eigenvalue weighted by atomic mass is 9.91. The summed E-state index contributed by atoms with van der Waals surface area (Å²) in [5.74, 6) is -1.72. The van der Waals surface area contributed by atoms with E-state index in [1.807, 2.05) is 20.8 Å². The summed E-state index contributed by atoms with van der Waals surface area (Å²) in [5.41, 5.74) is 0.136. The number of carbonyl (C=O) groups excluding carboxylic acids is 3. The van der Waals surface area contributed by atoms with Crippen LogP contribution < -0.4 is 20.7 Å². The minimum Gasteiger partial charge on any atom is -0.496 e. The van der Waals surface area contributed by atoms with Crippen LogP contribution in [0.4, 0.5) is 4.39 Å². The average Bonchev–Trinajstić information content (AvgIpc) is 3.26. The summed E-state index contributed by atoms with van der Waals surface area (Å²) in [5, 5.41) is 18.6. The van der Waals surface area contributed by atoms with Crippen LogP contribution in [0.1, 0.15) is 63.4 Å². The van der Waals surface area contributed by atoms with Crippen molar-refractivity contribution >= 4 is 28.6 Å². The number of rotatable bonds is 9. The van der Waals surface area contributed by atoms with Gasteiger partial charge in [-0.15, -0.1) is 0 Å². The number of carbonyl (C=O) groups is 3. The highest BCUT2D eigenvalue weighted by molar-refractivity contribution is 6.01. The first-order valence-corrected chi connectivity index (χ1v) is 12.1. The smallest absolute Gasteiger partial charge is 0.268 e. The average molecular weight is 498 g/mol. The third-order valence-corrected chi connectivity index (χ3v) is 7.13. The van der Waals surface area contributed by atoms with Gasteiger partial charge >= 0.3 is 0 Å². The largest absolute Gasteiger partial charge is 0.496 e. The number of nitriles is 1. The van der Waals surface area contributed by atoms with Gasteiger partial charge in [0.25, 0.3) is 5.91 Å². The fourth-order valence-corrected chi connectivity index (χ4v) is 4.90. The number of methoxy groups -OCH3 is 1. The molecule has 10 heteroatoms. The number of aromatic nitrogens is 1. The van der Waals surface area contributed by atoms with Crippen molar-refractivity contribution in [1.29, 1.82) is 5.26 Å². The van der Waals surface area contributed by atoms with E-state index in [0.717, 1.165) is 12.8 Å². The molecule has 2 aromatic rings. The van der Waals surface area contributed by atoms with Crippen molar-refractivity contribution in [3.05, 3.63) is 29.7 Å². The van der Waals surface area contributed by atoms with E-state index in [-0.39, 0.29) is 40.6 Å². The Morgan fingerprint density at radius 3 is 2.56 bits per heavy atom. The van der Waals surface area contributed by atoms with Crippen molar-refractivity contribution in [2.24, 2.45) is 11.3 Å². The maximum Gasteiger partial charge on any atom is 0.268 e. The van der Waals surface area contributed by atoms with Gasteiger partial charge in [0.05, 0.1) is 18.7 Å². The highest BCUT2D eigenvalue weighted by Crippen LogP contribution is 2.49. The number of halogens is 1. The summed E-state index contributed by atoms with van der Waals surface area (Å²) in [6.45, 7) is 5.88. The van der Waals surface area contributed by atoms with Gasteiger partial charge in [-0.25, -0.2) is 4.39 Å². The van der Waals surface area contributed by atoms with Crippen LogP contribution in [-0.4, -0.2) is 47.4 Å². The number of benzene rings is 1. The Morgan fingerprint density at radius 1 is 1.25 bits per heavy atom. The topological polar surface area (TPSA) is 136 Å². The summed E-state index contributed by atoms with van der Waals surface area (Å²) in [6, 6.07) is 4.39. The minimum atomic E-state index is -0.875. The first kappa shape index (κ1) is 25.5. The monoisotopic (exact) mass is 497 g/mol. The van der Waals surface area contributed by atoms with Gasteiger partial charge in [-0.05, 0) is 63.5 Å². The molecule has 3 atom stereocenters. The highest BCUT2D eigenvalue weighted by atomic mass is 19.1. The Labute approximate surface area is 209 Å². The van der Waals surface area contributed by atoms with E-state index in [1.165, 1.54) is 19.2 Å². The van der Waals surface area contributed by atoms with Gasteiger partial charge in [0.1, 0.15) is 29.3 Å². The molecule has 36 heavy (non-hydrogen) atoms. The zero-order valence-electron chi connectivity index (χ0n) is 21.0. The molecule has 4 rings (SSSR count). The molecule has 2 heterocycles. The Kier molecular flexibility index (Phi) is 6.69. The van der Waals surface area contributed by atoms with Crippen LogP contribution in [0.25, 0.3) is 10.9 Å². The zero-order valence-corrected chi connectivity index (χ0v) is 21.0. The maximum atomic E-state index is 13.9. The van der Waals surface area contributed by atoms with Crippen LogP contribution in [0.2, 0.25) is 0 Å². The number of fused-ring (bicyclic) bond motifs is 1. The van der Waals surface area contributed by atoms with Gasteiger partial charge in [0.15, 0.2) is 0 Å². The predicted octanol–water partition coefficient (Wildman–Crippen LogP) is 2.92. The molecule has 0 bridgehead atoms. The second-order valence-electron chi connectivity index (χ2n) is 11.0. The summed E-state index contributed by atoms with van der Waals surface area (Å²) in [7, 11) is 1.42. The van der Waals surface area contributed by atoms with Crippen LogP contribution in [0.3, 0.4) is 0 Å². The van der Waals surface area contributed by atoms with Gasteiger partial charge in [-0.2, -0.15) is 5.26 Å². The van der Waals surface area contributed by atoms with Crippen molar-refractivity contribution in [2.75, 3.05) is 7.11 Å². The fraction of sp³-hybridized carbons (Fsp3) is 0.538. The molecule has 1 saturated carbocycles. The van der Waals surface area contributed by atoms with Crippen molar-refractivity contribution < 1.29 is 23.5 Å². The fourth-order valence-electron chi connectivity index (χ4n) is 4.90. The first-order valence-electron chi connectivity index (χ1n) is 12.1. The number of nitrogens with zero attached hydrogens (tertiary/aromatic N) is 1.